The lowest BCUT2D eigenvalue weighted by atomic mass is 10.1. The Hall–Kier alpha value is -2.98. The fourth-order valence-electron chi connectivity index (χ4n) is 2.81. The number of hydrogen-bond donors (Lipinski definition) is 1. The smallest absolute Gasteiger partial charge is 0.255 e. The minimum Gasteiger partial charge on any atom is -0.496 e. The van der Waals surface area contributed by atoms with E-state index in [4.69, 9.17) is 4.74 Å². The molecular weight excluding hydrogens is 366 g/mol. The van der Waals surface area contributed by atoms with Crippen molar-refractivity contribution in [3.05, 3.63) is 102 Å². The minimum absolute atomic E-state index is 0.139. The summed E-state index contributed by atoms with van der Waals surface area (Å²) >= 11 is 1.79. The number of thioether (sulfide) groups is 1. The predicted molar refractivity (Wildman–Crippen MR) is 117 cm³/mol. The molecule has 0 aliphatic carbocycles. The van der Waals surface area contributed by atoms with E-state index >= 15 is 0 Å². The van der Waals surface area contributed by atoms with Crippen molar-refractivity contribution in [2.75, 3.05) is 12.4 Å². The summed E-state index contributed by atoms with van der Waals surface area (Å²) in [5.74, 6) is 1.51. The number of methoxy groups -OCH3 is 1. The quantitative estimate of drug-likeness (QED) is 0.381. The molecule has 0 saturated heterocycles. The number of rotatable bonds is 8. The van der Waals surface area contributed by atoms with Crippen molar-refractivity contribution < 1.29 is 9.53 Å². The Morgan fingerprint density at radius 1 is 1.07 bits per heavy atom. The highest BCUT2D eigenvalue weighted by atomic mass is 32.2. The topological polar surface area (TPSA) is 38.3 Å². The number of carbonyl (C=O) groups is 1. The Balaban J connectivity index is 1.62. The molecule has 0 atom stereocenters. The van der Waals surface area contributed by atoms with Crippen molar-refractivity contribution in [3.63, 3.8) is 0 Å². The maximum atomic E-state index is 12.6. The molecule has 1 amide bonds. The van der Waals surface area contributed by atoms with Crippen LogP contribution in [0.2, 0.25) is 0 Å². The van der Waals surface area contributed by atoms with Crippen LogP contribution in [0, 0.1) is 0 Å². The highest BCUT2D eigenvalue weighted by molar-refractivity contribution is 7.98. The van der Waals surface area contributed by atoms with Gasteiger partial charge in [-0.25, -0.2) is 0 Å². The van der Waals surface area contributed by atoms with Crippen LogP contribution in [0.4, 0.5) is 5.69 Å². The van der Waals surface area contributed by atoms with Crippen molar-refractivity contribution in [1.82, 2.24) is 0 Å². The molecule has 0 saturated carbocycles. The summed E-state index contributed by atoms with van der Waals surface area (Å²) < 4.78 is 5.34. The largest absolute Gasteiger partial charge is 0.496 e. The summed E-state index contributed by atoms with van der Waals surface area (Å²) in [7, 11) is 1.62. The summed E-state index contributed by atoms with van der Waals surface area (Å²) in [4.78, 5) is 13.8. The van der Waals surface area contributed by atoms with Gasteiger partial charge in [0.1, 0.15) is 5.75 Å². The molecule has 3 aromatic rings. The Morgan fingerprint density at radius 3 is 2.50 bits per heavy atom. The number of allylic oxidation sites excluding steroid dienone is 1. The lowest BCUT2D eigenvalue weighted by Gasteiger charge is -2.10. The first-order valence-corrected chi connectivity index (χ1v) is 10.0. The minimum atomic E-state index is -0.139. The van der Waals surface area contributed by atoms with E-state index in [-0.39, 0.29) is 5.91 Å². The van der Waals surface area contributed by atoms with E-state index in [1.165, 1.54) is 10.5 Å². The van der Waals surface area contributed by atoms with Gasteiger partial charge < -0.3 is 10.1 Å². The first kappa shape index (κ1) is 19.8. The van der Waals surface area contributed by atoms with Crippen LogP contribution in [0.1, 0.15) is 21.5 Å². The van der Waals surface area contributed by atoms with Gasteiger partial charge in [-0.05, 0) is 60.0 Å². The third kappa shape index (κ3) is 5.27. The van der Waals surface area contributed by atoms with E-state index in [0.717, 1.165) is 22.8 Å². The molecule has 0 spiro atoms. The Bertz CT molecular complexity index is 937. The van der Waals surface area contributed by atoms with Crippen LogP contribution in [0.15, 0.2) is 90.3 Å². The summed E-state index contributed by atoms with van der Waals surface area (Å²) in [6, 6.07) is 23.7. The molecule has 28 heavy (non-hydrogen) atoms. The maximum absolute atomic E-state index is 12.6. The molecule has 0 bridgehead atoms. The number of ether oxygens (including phenoxy) is 1. The van der Waals surface area contributed by atoms with Crippen molar-refractivity contribution >= 4 is 23.4 Å². The molecule has 0 aromatic heterocycles. The van der Waals surface area contributed by atoms with Crippen molar-refractivity contribution in [2.45, 2.75) is 17.1 Å². The summed E-state index contributed by atoms with van der Waals surface area (Å²) in [5.41, 5.74) is 3.53. The monoisotopic (exact) mass is 389 g/mol. The molecule has 0 aliphatic rings. The molecule has 0 aliphatic heterocycles. The molecule has 0 radical (unpaired) electrons. The van der Waals surface area contributed by atoms with Crippen LogP contribution >= 0.6 is 11.8 Å². The first-order valence-electron chi connectivity index (χ1n) is 9.05. The second-order valence-corrected chi connectivity index (χ2v) is 7.32. The average Bonchev–Trinajstić information content (AvgIpc) is 2.74. The van der Waals surface area contributed by atoms with E-state index in [1.807, 2.05) is 54.6 Å². The number of amides is 1. The van der Waals surface area contributed by atoms with Gasteiger partial charge >= 0.3 is 0 Å². The van der Waals surface area contributed by atoms with Gasteiger partial charge in [0.05, 0.1) is 7.11 Å². The zero-order chi connectivity index (χ0) is 19.8. The standard InChI is InChI=1S/C24H23NO2S/c1-3-7-19-16-20(12-15-23(19)27-2)24(26)25-21-13-10-18(11-14-21)17-28-22-8-5-4-6-9-22/h3-6,8-16H,1,7,17H2,2H3,(H,25,26). The summed E-state index contributed by atoms with van der Waals surface area (Å²) in [5, 5.41) is 2.95. The molecule has 0 heterocycles. The van der Waals surface area contributed by atoms with Crippen molar-refractivity contribution in [2.24, 2.45) is 0 Å². The first-order chi connectivity index (χ1) is 13.7. The van der Waals surface area contributed by atoms with Gasteiger partial charge in [-0.15, -0.1) is 18.3 Å². The van der Waals surface area contributed by atoms with Crippen LogP contribution in [-0.2, 0) is 12.2 Å². The average molecular weight is 390 g/mol. The van der Waals surface area contributed by atoms with Crippen molar-refractivity contribution in [3.8, 4) is 5.75 Å². The molecule has 0 fully saturated rings. The molecule has 4 heteroatoms. The lowest BCUT2D eigenvalue weighted by Crippen LogP contribution is -2.12. The second-order valence-electron chi connectivity index (χ2n) is 6.27. The van der Waals surface area contributed by atoms with E-state index in [1.54, 1.807) is 31.0 Å². The van der Waals surface area contributed by atoms with E-state index in [9.17, 15) is 4.79 Å². The van der Waals surface area contributed by atoms with Crippen LogP contribution in [-0.4, -0.2) is 13.0 Å². The zero-order valence-corrected chi connectivity index (χ0v) is 16.7. The number of benzene rings is 3. The molecule has 3 aromatic carbocycles. The molecular formula is C24H23NO2S. The second kappa shape index (κ2) is 9.81. The Kier molecular flexibility index (Phi) is 6.93. The van der Waals surface area contributed by atoms with Gasteiger partial charge in [-0.1, -0.05) is 36.4 Å². The fraction of sp³-hybridized carbons (Fsp3) is 0.125. The van der Waals surface area contributed by atoms with Gasteiger partial charge in [-0.2, -0.15) is 0 Å². The normalized spacial score (nSPS) is 10.3. The van der Waals surface area contributed by atoms with Crippen LogP contribution in [0.3, 0.4) is 0 Å². The molecule has 3 nitrogen and oxygen atoms in total. The van der Waals surface area contributed by atoms with Gasteiger partial charge in [0, 0.05) is 21.9 Å². The van der Waals surface area contributed by atoms with Crippen molar-refractivity contribution in [1.29, 1.82) is 0 Å². The highest BCUT2D eigenvalue weighted by Crippen LogP contribution is 2.24. The summed E-state index contributed by atoms with van der Waals surface area (Å²) in [6.45, 7) is 3.76. The number of carbonyl (C=O) groups excluding carboxylic acids is 1. The van der Waals surface area contributed by atoms with Crippen LogP contribution in [0.25, 0.3) is 0 Å². The third-order valence-electron chi connectivity index (χ3n) is 4.27. The van der Waals surface area contributed by atoms with Gasteiger partial charge in [0.15, 0.2) is 0 Å². The number of nitrogens with one attached hydrogen (secondary N) is 1. The molecule has 142 valence electrons. The van der Waals surface area contributed by atoms with Gasteiger partial charge in [0.2, 0.25) is 0 Å². The number of anilines is 1. The Morgan fingerprint density at radius 2 is 1.82 bits per heavy atom. The maximum Gasteiger partial charge on any atom is 0.255 e. The third-order valence-corrected chi connectivity index (χ3v) is 5.35. The van der Waals surface area contributed by atoms with Crippen LogP contribution < -0.4 is 10.1 Å². The Labute approximate surface area is 170 Å². The van der Waals surface area contributed by atoms with E-state index in [2.05, 4.69) is 24.0 Å². The van der Waals surface area contributed by atoms with Crippen LogP contribution in [0.5, 0.6) is 5.75 Å². The molecule has 3 rings (SSSR count). The van der Waals surface area contributed by atoms with E-state index in [0.29, 0.717) is 12.0 Å². The molecule has 0 unspecified atom stereocenters. The zero-order valence-electron chi connectivity index (χ0n) is 15.9. The molecule has 1 N–H and O–H groups in total. The highest BCUT2D eigenvalue weighted by Gasteiger charge is 2.10. The van der Waals surface area contributed by atoms with E-state index < -0.39 is 0 Å². The number of hydrogen-bond acceptors (Lipinski definition) is 3. The summed E-state index contributed by atoms with van der Waals surface area (Å²) in [6.07, 6.45) is 2.45. The SMILES string of the molecule is C=CCc1cc(C(=O)Nc2ccc(CSc3ccccc3)cc2)ccc1OC. The fourth-order valence-corrected chi connectivity index (χ4v) is 3.68. The predicted octanol–water partition coefficient (Wildman–Crippen LogP) is 5.97. The van der Waals surface area contributed by atoms with Gasteiger partial charge in [-0.3, -0.25) is 4.79 Å². The lowest BCUT2D eigenvalue weighted by molar-refractivity contribution is 0.102. The van der Waals surface area contributed by atoms with Gasteiger partial charge in [0.25, 0.3) is 5.91 Å².